The maximum absolute atomic E-state index is 13.1. The number of nitrogens with zero attached hydrogens (tertiary/aromatic N) is 2. The number of nitrogens with one attached hydrogen (secondary N) is 1. The monoisotopic (exact) mass is 471 g/mol. The van der Waals surface area contributed by atoms with Crippen molar-refractivity contribution in [2.24, 2.45) is 40.2 Å². The minimum atomic E-state index is -0.429. The number of oxime groups is 1. The summed E-state index contributed by atoms with van der Waals surface area (Å²) < 4.78 is 13.1. The molecule has 5 nitrogen and oxygen atoms in total. The van der Waals surface area contributed by atoms with Crippen molar-refractivity contribution < 1.29 is 14.4 Å². The summed E-state index contributed by atoms with van der Waals surface area (Å²) in [6.45, 7) is 2.27. The van der Waals surface area contributed by atoms with Gasteiger partial charge in [0.15, 0.2) is 0 Å². The molecule has 0 saturated heterocycles. The quantitative estimate of drug-likeness (QED) is 0.399. The van der Waals surface area contributed by atoms with Crippen LogP contribution < -0.4 is 5.32 Å². The highest BCUT2D eigenvalue weighted by Gasteiger charge is 2.58. The second-order valence-electron chi connectivity index (χ2n) is 10.5. The van der Waals surface area contributed by atoms with Crippen LogP contribution in [0, 0.1) is 40.8 Å². The summed E-state index contributed by atoms with van der Waals surface area (Å²) >= 11 is 6.30. The summed E-state index contributed by atoms with van der Waals surface area (Å²) in [6, 6.07) is 2.76. The molecule has 0 bridgehead atoms. The normalized spacial score (nSPS) is 36.3. The van der Waals surface area contributed by atoms with Crippen molar-refractivity contribution in [2.75, 3.05) is 5.32 Å². The minimum absolute atomic E-state index is 0.0983. The Labute approximate surface area is 199 Å². The molecule has 2 N–H and O–H groups in total. The van der Waals surface area contributed by atoms with Crippen LogP contribution in [0.2, 0.25) is 0 Å². The van der Waals surface area contributed by atoms with E-state index >= 15 is 0 Å². The van der Waals surface area contributed by atoms with Crippen LogP contribution in [0.4, 0.5) is 10.2 Å². The predicted octanol–water partition coefficient (Wildman–Crippen LogP) is 6.30. The van der Waals surface area contributed by atoms with E-state index in [0.717, 1.165) is 61.9 Å². The minimum Gasteiger partial charge on any atom is -0.411 e. The molecule has 0 radical (unpaired) electrons. The zero-order valence-electron chi connectivity index (χ0n) is 18.9. The Kier molecular flexibility index (Phi) is 6.06. The lowest BCUT2D eigenvalue weighted by Crippen LogP contribution is -2.47. The van der Waals surface area contributed by atoms with E-state index in [-0.39, 0.29) is 11.3 Å². The molecular weight excluding hydrogens is 441 g/mol. The Hall–Kier alpha value is -2.21. The van der Waals surface area contributed by atoms with Gasteiger partial charge in [-0.3, -0.25) is 4.79 Å². The molecule has 0 aromatic carbocycles. The van der Waals surface area contributed by atoms with Crippen LogP contribution in [-0.4, -0.2) is 21.8 Å². The van der Waals surface area contributed by atoms with Crippen molar-refractivity contribution in [3.63, 3.8) is 0 Å². The van der Waals surface area contributed by atoms with Gasteiger partial charge in [0.1, 0.15) is 11.6 Å². The smallest absolute Gasteiger partial charge is 0.225 e. The Morgan fingerprint density at radius 3 is 2.97 bits per heavy atom. The van der Waals surface area contributed by atoms with Crippen LogP contribution in [0.25, 0.3) is 0 Å². The number of hydrogen-bond acceptors (Lipinski definition) is 4. The molecule has 4 aliphatic carbocycles. The molecule has 4 aliphatic rings. The SMILES string of the molecule is C[C@]12CCC3C4CC=C(Cl)C=C4CCC3C1[C@H](CCC(=O)Nc1ccc(F)cn1)C/C2=N\O. The van der Waals surface area contributed by atoms with Gasteiger partial charge in [-0.05, 0) is 92.7 Å². The molecule has 6 atom stereocenters. The van der Waals surface area contributed by atoms with Crippen LogP contribution in [-0.2, 0) is 4.79 Å². The highest BCUT2D eigenvalue weighted by molar-refractivity contribution is 6.31. The van der Waals surface area contributed by atoms with E-state index in [2.05, 4.69) is 34.5 Å². The van der Waals surface area contributed by atoms with Gasteiger partial charge in [0.25, 0.3) is 0 Å². The fourth-order valence-corrected chi connectivity index (χ4v) is 7.71. The Balaban J connectivity index is 1.31. The number of hydrogen-bond donors (Lipinski definition) is 2. The maximum Gasteiger partial charge on any atom is 0.225 e. The second-order valence-corrected chi connectivity index (χ2v) is 10.9. The van der Waals surface area contributed by atoms with Gasteiger partial charge in [0.05, 0.1) is 11.9 Å². The molecule has 176 valence electrons. The molecule has 1 heterocycles. The predicted molar refractivity (Wildman–Crippen MR) is 127 cm³/mol. The van der Waals surface area contributed by atoms with E-state index in [1.807, 2.05) is 0 Å². The van der Waals surface area contributed by atoms with Crippen molar-refractivity contribution in [3.8, 4) is 0 Å². The third kappa shape index (κ3) is 4.11. The van der Waals surface area contributed by atoms with Gasteiger partial charge >= 0.3 is 0 Å². The summed E-state index contributed by atoms with van der Waals surface area (Å²) in [5.74, 6) is 2.32. The number of anilines is 1. The van der Waals surface area contributed by atoms with Gasteiger partial charge in [-0.25, -0.2) is 9.37 Å². The van der Waals surface area contributed by atoms with Crippen LogP contribution in [0.5, 0.6) is 0 Å². The number of fused-ring (bicyclic) bond motifs is 5. The Morgan fingerprint density at radius 1 is 1.36 bits per heavy atom. The molecule has 1 aromatic heterocycles. The van der Waals surface area contributed by atoms with E-state index in [1.54, 1.807) is 0 Å². The lowest BCUT2D eigenvalue weighted by atomic mass is 9.51. The van der Waals surface area contributed by atoms with Crippen LogP contribution >= 0.6 is 11.6 Å². The Bertz CT molecular complexity index is 1020. The number of rotatable bonds is 4. The highest BCUT2D eigenvalue weighted by Crippen LogP contribution is 2.63. The molecule has 7 heteroatoms. The second kappa shape index (κ2) is 8.86. The van der Waals surface area contributed by atoms with Gasteiger partial charge in [-0.15, -0.1) is 0 Å². The molecule has 1 amide bonds. The van der Waals surface area contributed by atoms with Gasteiger partial charge < -0.3 is 10.5 Å². The largest absolute Gasteiger partial charge is 0.411 e. The summed E-state index contributed by atoms with van der Waals surface area (Å²) in [5, 5.41) is 17.2. The zero-order chi connectivity index (χ0) is 23.2. The van der Waals surface area contributed by atoms with E-state index < -0.39 is 5.82 Å². The zero-order valence-corrected chi connectivity index (χ0v) is 19.7. The first-order valence-electron chi connectivity index (χ1n) is 12.1. The number of carbonyl (C=O) groups is 1. The average Bonchev–Trinajstić information content (AvgIpc) is 3.10. The number of amides is 1. The van der Waals surface area contributed by atoms with Gasteiger partial charge in [-0.1, -0.05) is 35.3 Å². The molecule has 3 saturated carbocycles. The summed E-state index contributed by atoms with van der Waals surface area (Å²) in [4.78, 5) is 16.5. The summed E-state index contributed by atoms with van der Waals surface area (Å²) in [5.41, 5.74) is 2.31. The van der Waals surface area contributed by atoms with Crippen molar-refractivity contribution in [1.82, 2.24) is 4.98 Å². The number of halogens is 2. The molecule has 0 aliphatic heterocycles. The highest BCUT2D eigenvalue weighted by atomic mass is 35.5. The van der Waals surface area contributed by atoms with E-state index in [1.165, 1.54) is 17.7 Å². The van der Waals surface area contributed by atoms with Crippen LogP contribution in [0.3, 0.4) is 0 Å². The molecule has 5 rings (SSSR count). The van der Waals surface area contributed by atoms with Crippen LogP contribution in [0.1, 0.15) is 58.3 Å². The maximum atomic E-state index is 13.1. The van der Waals surface area contributed by atoms with Gasteiger partial charge in [-0.2, -0.15) is 0 Å². The van der Waals surface area contributed by atoms with Crippen molar-refractivity contribution in [2.45, 2.75) is 58.3 Å². The number of allylic oxidation sites excluding steroid dienone is 4. The van der Waals surface area contributed by atoms with E-state index in [0.29, 0.717) is 41.8 Å². The van der Waals surface area contributed by atoms with E-state index in [4.69, 9.17) is 11.6 Å². The number of aromatic nitrogens is 1. The Morgan fingerprint density at radius 2 is 2.21 bits per heavy atom. The van der Waals surface area contributed by atoms with Gasteiger partial charge in [0.2, 0.25) is 5.91 Å². The third-order valence-electron chi connectivity index (χ3n) is 8.87. The van der Waals surface area contributed by atoms with Crippen LogP contribution in [0.15, 0.2) is 46.2 Å². The lowest BCUT2D eigenvalue weighted by Gasteiger charge is -2.53. The molecular formula is C26H31ClFN3O2. The van der Waals surface area contributed by atoms with Crippen molar-refractivity contribution in [3.05, 3.63) is 46.9 Å². The van der Waals surface area contributed by atoms with Crippen molar-refractivity contribution in [1.29, 1.82) is 0 Å². The summed E-state index contributed by atoms with van der Waals surface area (Å²) in [7, 11) is 0. The molecule has 4 unspecified atom stereocenters. The molecule has 33 heavy (non-hydrogen) atoms. The standard InChI is InChI=1S/C26H31ClFN3O2/c1-26-11-10-20-19-7-4-17(27)12-15(19)2-6-21(20)25(26)16(13-22(26)31-33)3-9-24(32)30-23-8-5-18(28)14-29-23/h4-5,8,12,14,16,19-21,25,33H,2-3,6-7,9-11,13H2,1H3,(H,29,30,32)/b31-22+/t16-,19?,20?,21?,25?,26-/m1/s1. The molecule has 0 spiro atoms. The number of pyridine rings is 1. The fraction of sp³-hybridized carbons (Fsp3) is 0.577. The van der Waals surface area contributed by atoms with Crippen molar-refractivity contribution >= 4 is 29.0 Å². The fourth-order valence-electron chi connectivity index (χ4n) is 7.48. The first kappa shape index (κ1) is 22.6. The third-order valence-corrected chi connectivity index (χ3v) is 9.14. The first-order chi connectivity index (χ1) is 15.9. The van der Waals surface area contributed by atoms with E-state index in [9.17, 15) is 14.4 Å². The lowest BCUT2D eigenvalue weighted by molar-refractivity contribution is -0.116. The summed E-state index contributed by atoms with van der Waals surface area (Å²) in [6.07, 6.45) is 12.7. The average molecular weight is 472 g/mol. The topological polar surface area (TPSA) is 74.6 Å². The number of carbonyl (C=O) groups excluding carboxylic acids is 1. The molecule has 1 aromatic rings. The first-order valence-corrected chi connectivity index (χ1v) is 12.5. The van der Waals surface area contributed by atoms with Gasteiger partial charge in [0, 0.05) is 16.9 Å². The molecule has 3 fully saturated rings.